The van der Waals surface area contributed by atoms with Gasteiger partial charge >= 0.3 is 0 Å². The second-order valence-electron chi connectivity index (χ2n) is 6.56. The molecule has 0 radical (unpaired) electrons. The van der Waals surface area contributed by atoms with Crippen molar-refractivity contribution in [2.45, 2.75) is 6.42 Å². The van der Waals surface area contributed by atoms with E-state index in [-0.39, 0.29) is 11.8 Å². The van der Waals surface area contributed by atoms with Crippen molar-refractivity contribution in [3.8, 4) is 11.1 Å². The summed E-state index contributed by atoms with van der Waals surface area (Å²) in [6.07, 6.45) is 0.349. The van der Waals surface area contributed by atoms with E-state index in [2.05, 4.69) is 5.32 Å². The van der Waals surface area contributed by atoms with E-state index < -0.39 is 0 Å². The first-order valence-electron chi connectivity index (χ1n) is 8.79. The Bertz CT molecular complexity index is 915. The Morgan fingerprint density at radius 3 is 1.96 bits per heavy atom. The van der Waals surface area contributed by atoms with Gasteiger partial charge in [-0.25, -0.2) is 0 Å². The van der Waals surface area contributed by atoms with Crippen LogP contribution in [0.15, 0.2) is 78.9 Å². The fourth-order valence-electron chi connectivity index (χ4n) is 2.69. The normalized spacial score (nSPS) is 10.3. The summed E-state index contributed by atoms with van der Waals surface area (Å²) in [7, 11) is 3.47. The molecule has 3 aromatic carbocycles. The van der Waals surface area contributed by atoms with Gasteiger partial charge in [0.25, 0.3) is 5.91 Å². The van der Waals surface area contributed by atoms with Crippen molar-refractivity contribution in [2.24, 2.45) is 0 Å². The van der Waals surface area contributed by atoms with Crippen LogP contribution in [0, 0.1) is 0 Å². The number of amides is 2. The lowest BCUT2D eigenvalue weighted by molar-refractivity contribution is -0.127. The summed E-state index contributed by atoms with van der Waals surface area (Å²) in [6.45, 7) is 0. The van der Waals surface area contributed by atoms with Gasteiger partial charge in [0, 0.05) is 25.3 Å². The van der Waals surface area contributed by atoms with E-state index in [1.54, 1.807) is 19.0 Å². The quantitative estimate of drug-likeness (QED) is 0.742. The van der Waals surface area contributed by atoms with Crippen LogP contribution in [0.3, 0.4) is 0 Å². The third-order valence-corrected chi connectivity index (χ3v) is 4.32. The number of likely N-dealkylation sites (N-methyl/N-ethyl adjacent to an activating group) is 1. The molecular weight excluding hydrogens is 336 g/mol. The smallest absolute Gasteiger partial charge is 0.255 e. The number of hydrogen-bond donors (Lipinski definition) is 1. The van der Waals surface area contributed by atoms with E-state index in [9.17, 15) is 9.59 Å². The molecule has 0 aliphatic carbocycles. The molecule has 2 amide bonds. The number of nitrogens with one attached hydrogen (secondary N) is 1. The van der Waals surface area contributed by atoms with Crippen molar-refractivity contribution in [2.75, 3.05) is 19.4 Å². The summed E-state index contributed by atoms with van der Waals surface area (Å²) in [5.41, 5.74) is 4.41. The highest BCUT2D eigenvalue weighted by Gasteiger charge is 2.08. The van der Waals surface area contributed by atoms with Gasteiger partial charge in [0.15, 0.2) is 0 Å². The molecule has 3 aromatic rings. The second-order valence-corrected chi connectivity index (χ2v) is 6.56. The average molecular weight is 358 g/mol. The maximum absolute atomic E-state index is 12.4. The molecule has 0 aliphatic rings. The topological polar surface area (TPSA) is 49.4 Å². The van der Waals surface area contributed by atoms with Crippen LogP contribution in [0.1, 0.15) is 15.9 Å². The number of carbonyl (C=O) groups excluding carboxylic acids is 2. The molecule has 3 rings (SSSR count). The van der Waals surface area contributed by atoms with Crippen LogP contribution < -0.4 is 5.32 Å². The van der Waals surface area contributed by atoms with Gasteiger partial charge in [-0.2, -0.15) is 0 Å². The number of carbonyl (C=O) groups is 2. The Balaban J connectivity index is 1.64. The van der Waals surface area contributed by atoms with Crippen molar-refractivity contribution in [3.05, 3.63) is 90.0 Å². The summed E-state index contributed by atoms with van der Waals surface area (Å²) in [5, 5.41) is 2.89. The maximum Gasteiger partial charge on any atom is 0.255 e. The first kappa shape index (κ1) is 18.4. The van der Waals surface area contributed by atoms with E-state index in [1.165, 1.54) is 0 Å². The molecule has 0 spiro atoms. The standard InChI is InChI=1S/C23H22N2O2/c1-25(2)22(26)16-17-8-14-21(15-9-17)24-23(27)20-12-10-19(11-13-20)18-6-4-3-5-7-18/h3-15H,16H2,1-2H3,(H,24,27). The van der Waals surface area contributed by atoms with Crippen molar-refractivity contribution in [3.63, 3.8) is 0 Å². The van der Waals surface area contributed by atoms with Crippen molar-refractivity contribution in [1.29, 1.82) is 0 Å². The molecule has 1 N–H and O–H groups in total. The largest absolute Gasteiger partial charge is 0.349 e. The monoisotopic (exact) mass is 358 g/mol. The summed E-state index contributed by atoms with van der Waals surface area (Å²) < 4.78 is 0. The van der Waals surface area contributed by atoms with Gasteiger partial charge in [-0.1, -0.05) is 54.6 Å². The first-order valence-corrected chi connectivity index (χ1v) is 8.79. The zero-order valence-corrected chi connectivity index (χ0v) is 15.5. The number of hydrogen-bond acceptors (Lipinski definition) is 2. The Labute approximate surface area is 159 Å². The SMILES string of the molecule is CN(C)C(=O)Cc1ccc(NC(=O)c2ccc(-c3ccccc3)cc2)cc1. The van der Waals surface area contributed by atoms with Crippen LogP contribution >= 0.6 is 0 Å². The maximum atomic E-state index is 12.4. The fourth-order valence-corrected chi connectivity index (χ4v) is 2.69. The van der Waals surface area contributed by atoms with Crippen LogP contribution in [-0.4, -0.2) is 30.8 Å². The molecule has 0 fully saturated rings. The predicted molar refractivity (Wildman–Crippen MR) is 109 cm³/mol. The van der Waals surface area contributed by atoms with E-state index in [4.69, 9.17) is 0 Å². The summed E-state index contributed by atoms with van der Waals surface area (Å²) >= 11 is 0. The van der Waals surface area contributed by atoms with Crippen LogP contribution in [0.4, 0.5) is 5.69 Å². The van der Waals surface area contributed by atoms with Crippen LogP contribution in [0.5, 0.6) is 0 Å². The third kappa shape index (κ3) is 4.82. The number of nitrogens with zero attached hydrogens (tertiary/aromatic N) is 1. The van der Waals surface area contributed by atoms with Crippen LogP contribution in [-0.2, 0) is 11.2 Å². The van der Waals surface area contributed by atoms with E-state index >= 15 is 0 Å². The minimum Gasteiger partial charge on any atom is -0.349 e. The van der Waals surface area contributed by atoms with Gasteiger partial charge < -0.3 is 10.2 Å². The van der Waals surface area contributed by atoms with Crippen molar-refractivity contribution in [1.82, 2.24) is 4.90 Å². The van der Waals surface area contributed by atoms with Gasteiger partial charge in [-0.3, -0.25) is 9.59 Å². The highest BCUT2D eigenvalue weighted by molar-refractivity contribution is 6.04. The molecule has 0 bridgehead atoms. The van der Waals surface area contributed by atoms with Crippen molar-refractivity contribution < 1.29 is 9.59 Å². The lowest BCUT2D eigenvalue weighted by Gasteiger charge is -2.11. The zero-order valence-electron chi connectivity index (χ0n) is 15.5. The van der Waals surface area contributed by atoms with Gasteiger partial charge in [-0.15, -0.1) is 0 Å². The first-order chi connectivity index (χ1) is 13.0. The molecule has 0 saturated carbocycles. The molecule has 0 aliphatic heterocycles. The third-order valence-electron chi connectivity index (χ3n) is 4.32. The van der Waals surface area contributed by atoms with Gasteiger partial charge in [0.05, 0.1) is 6.42 Å². The molecule has 4 nitrogen and oxygen atoms in total. The Kier molecular flexibility index (Phi) is 5.67. The fraction of sp³-hybridized carbons (Fsp3) is 0.130. The molecular formula is C23H22N2O2. The summed E-state index contributed by atoms with van der Waals surface area (Å²) in [4.78, 5) is 25.8. The van der Waals surface area contributed by atoms with Gasteiger partial charge in [0.1, 0.15) is 0 Å². The van der Waals surface area contributed by atoms with E-state index in [1.807, 2.05) is 78.9 Å². The molecule has 0 atom stereocenters. The number of benzene rings is 3. The average Bonchev–Trinajstić information content (AvgIpc) is 2.70. The summed E-state index contributed by atoms with van der Waals surface area (Å²) in [6, 6.07) is 24.9. The molecule has 0 saturated heterocycles. The minimum atomic E-state index is -0.160. The highest BCUT2D eigenvalue weighted by atomic mass is 16.2. The van der Waals surface area contributed by atoms with Gasteiger partial charge in [-0.05, 0) is 41.0 Å². The molecule has 27 heavy (non-hydrogen) atoms. The molecule has 4 heteroatoms. The number of anilines is 1. The second kappa shape index (κ2) is 8.32. The highest BCUT2D eigenvalue weighted by Crippen LogP contribution is 2.20. The Hall–Kier alpha value is -3.40. The Morgan fingerprint density at radius 2 is 1.37 bits per heavy atom. The lowest BCUT2D eigenvalue weighted by Crippen LogP contribution is -2.23. The predicted octanol–water partition coefficient (Wildman–Crippen LogP) is 4.24. The van der Waals surface area contributed by atoms with E-state index in [0.717, 1.165) is 16.7 Å². The number of rotatable bonds is 5. The molecule has 0 unspecified atom stereocenters. The lowest BCUT2D eigenvalue weighted by atomic mass is 10.0. The zero-order chi connectivity index (χ0) is 19.2. The van der Waals surface area contributed by atoms with E-state index in [0.29, 0.717) is 17.7 Å². The molecule has 136 valence electrons. The van der Waals surface area contributed by atoms with Gasteiger partial charge in [0.2, 0.25) is 5.91 Å². The minimum absolute atomic E-state index is 0.0466. The van der Waals surface area contributed by atoms with Crippen LogP contribution in [0.25, 0.3) is 11.1 Å². The molecule has 0 heterocycles. The van der Waals surface area contributed by atoms with Crippen LogP contribution in [0.2, 0.25) is 0 Å². The van der Waals surface area contributed by atoms with Crippen molar-refractivity contribution >= 4 is 17.5 Å². The Morgan fingerprint density at radius 1 is 0.778 bits per heavy atom. The molecule has 0 aromatic heterocycles. The summed E-state index contributed by atoms with van der Waals surface area (Å²) in [5.74, 6) is -0.114.